The molecule has 0 saturated carbocycles. The maximum atomic E-state index is 13.2. The van der Waals surface area contributed by atoms with Gasteiger partial charge in [-0.25, -0.2) is 13.4 Å². The highest BCUT2D eigenvalue weighted by Crippen LogP contribution is 2.31. The third-order valence-corrected chi connectivity index (χ3v) is 7.19. The van der Waals surface area contributed by atoms with E-state index in [1.165, 1.54) is 17.6 Å². The SMILES string of the molecule is CCN(CC)CCN(C(=O)Cc1ccccc1)c1nc2ccc(S(C)(=O)=O)cc2s1. The molecule has 8 heteroatoms. The topological polar surface area (TPSA) is 70.6 Å². The Balaban J connectivity index is 1.92. The molecule has 0 bridgehead atoms. The number of hydrogen-bond acceptors (Lipinski definition) is 6. The Hall–Kier alpha value is -2.29. The van der Waals surface area contributed by atoms with E-state index < -0.39 is 9.84 Å². The highest BCUT2D eigenvalue weighted by Gasteiger charge is 2.21. The van der Waals surface area contributed by atoms with Crippen molar-refractivity contribution in [2.24, 2.45) is 0 Å². The van der Waals surface area contributed by atoms with Crippen molar-refractivity contribution < 1.29 is 13.2 Å². The molecule has 0 unspecified atom stereocenters. The summed E-state index contributed by atoms with van der Waals surface area (Å²) in [6, 6.07) is 14.6. The van der Waals surface area contributed by atoms with Crippen molar-refractivity contribution in [2.75, 3.05) is 37.3 Å². The molecule has 0 aliphatic rings. The van der Waals surface area contributed by atoms with E-state index in [2.05, 4.69) is 23.7 Å². The fourth-order valence-corrected chi connectivity index (χ4v) is 4.98. The number of carbonyl (C=O) groups is 1. The Bertz CT molecular complexity index is 1110. The number of nitrogens with zero attached hydrogens (tertiary/aromatic N) is 3. The van der Waals surface area contributed by atoms with Crippen LogP contribution in [0.4, 0.5) is 5.13 Å². The van der Waals surface area contributed by atoms with Gasteiger partial charge in [-0.15, -0.1) is 0 Å². The van der Waals surface area contributed by atoms with Crippen LogP contribution >= 0.6 is 11.3 Å². The van der Waals surface area contributed by atoms with Crippen LogP contribution in [-0.4, -0.2) is 56.6 Å². The van der Waals surface area contributed by atoms with Gasteiger partial charge in [0.25, 0.3) is 0 Å². The van der Waals surface area contributed by atoms with Crippen LogP contribution in [0, 0.1) is 0 Å². The van der Waals surface area contributed by atoms with Crippen LogP contribution in [0.25, 0.3) is 10.2 Å². The fraction of sp³-hybridized carbons (Fsp3) is 0.364. The van der Waals surface area contributed by atoms with Crippen LogP contribution in [0.2, 0.25) is 0 Å². The predicted octanol–water partition coefficient (Wildman–Crippen LogP) is 3.62. The quantitative estimate of drug-likeness (QED) is 0.503. The van der Waals surface area contributed by atoms with Crippen molar-refractivity contribution in [3.05, 3.63) is 54.1 Å². The molecular formula is C22H27N3O3S2. The third-order valence-electron chi connectivity index (χ3n) is 5.04. The number of carbonyl (C=O) groups excluding carboxylic acids is 1. The average molecular weight is 446 g/mol. The number of benzene rings is 2. The van der Waals surface area contributed by atoms with Gasteiger partial charge in [0.2, 0.25) is 5.91 Å². The number of sulfone groups is 1. The number of rotatable bonds is 9. The maximum Gasteiger partial charge on any atom is 0.233 e. The first kappa shape index (κ1) is 22.4. The van der Waals surface area contributed by atoms with E-state index in [1.807, 2.05) is 30.3 Å². The minimum Gasteiger partial charge on any atom is -0.302 e. The molecule has 0 fully saturated rings. The van der Waals surface area contributed by atoms with Gasteiger partial charge in [-0.2, -0.15) is 0 Å². The van der Waals surface area contributed by atoms with Crippen LogP contribution in [0.3, 0.4) is 0 Å². The standard InChI is InChI=1S/C22H27N3O3S2/c1-4-24(5-2)13-14-25(21(26)15-17-9-7-6-8-10-17)22-23-19-12-11-18(30(3,27)28)16-20(19)29-22/h6-12,16H,4-5,13-15H2,1-3H3. The first-order valence-corrected chi connectivity index (χ1v) is 12.7. The molecule has 0 aliphatic carbocycles. The molecule has 3 aromatic rings. The summed E-state index contributed by atoms with van der Waals surface area (Å²) in [5.41, 5.74) is 1.65. The van der Waals surface area contributed by atoms with Gasteiger partial charge in [0.1, 0.15) is 0 Å². The molecule has 0 N–H and O–H groups in total. The van der Waals surface area contributed by atoms with E-state index >= 15 is 0 Å². The molecule has 1 amide bonds. The summed E-state index contributed by atoms with van der Waals surface area (Å²) in [5.74, 6) is -0.0178. The summed E-state index contributed by atoms with van der Waals surface area (Å²) in [4.78, 5) is 22.1. The minimum absolute atomic E-state index is 0.0178. The second-order valence-electron chi connectivity index (χ2n) is 7.13. The Morgan fingerprint density at radius 2 is 1.73 bits per heavy atom. The van der Waals surface area contributed by atoms with Crippen molar-refractivity contribution in [1.29, 1.82) is 0 Å². The third kappa shape index (κ3) is 5.44. The van der Waals surface area contributed by atoms with Gasteiger partial charge in [0, 0.05) is 19.3 Å². The molecule has 0 radical (unpaired) electrons. The lowest BCUT2D eigenvalue weighted by Crippen LogP contribution is -2.39. The number of anilines is 1. The molecule has 0 spiro atoms. The van der Waals surface area contributed by atoms with Crippen molar-refractivity contribution in [2.45, 2.75) is 25.2 Å². The predicted molar refractivity (Wildman–Crippen MR) is 123 cm³/mol. The molecule has 6 nitrogen and oxygen atoms in total. The molecule has 0 saturated heterocycles. The zero-order valence-corrected chi connectivity index (χ0v) is 19.2. The zero-order valence-electron chi connectivity index (χ0n) is 17.5. The summed E-state index contributed by atoms with van der Waals surface area (Å²) < 4.78 is 24.5. The normalized spacial score (nSPS) is 11.9. The molecule has 0 aliphatic heterocycles. The molecule has 160 valence electrons. The number of thiazole rings is 1. The molecular weight excluding hydrogens is 418 g/mol. The first-order chi connectivity index (χ1) is 14.3. The fourth-order valence-electron chi connectivity index (χ4n) is 3.21. The first-order valence-electron chi connectivity index (χ1n) is 9.99. The van der Waals surface area contributed by atoms with Gasteiger partial charge in [0.15, 0.2) is 15.0 Å². The van der Waals surface area contributed by atoms with Gasteiger partial charge in [0.05, 0.1) is 21.5 Å². The van der Waals surface area contributed by atoms with E-state index in [0.717, 1.165) is 29.9 Å². The van der Waals surface area contributed by atoms with E-state index in [1.54, 1.807) is 23.1 Å². The monoisotopic (exact) mass is 445 g/mol. The number of fused-ring (bicyclic) bond motifs is 1. The summed E-state index contributed by atoms with van der Waals surface area (Å²) in [6.07, 6.45) is 1.49. The Kier molecular flexibility index (Phi) is 7.23. The lowest BCUT2D eigenvalue weighted by molar-refractivity contribution is -0.118. The largest absolute Gasteiger partial charge is 0.302 e. The Morgan fingerprint density at radius 3 is 2.37 bits per heavy atom. The van der Waals surface area contributed by atoms with Crippen LogP contribution in [0.15, 0.2) is 53.4 Å². The summed E-state index contributed by atoms with van der Waals surface area (Å²) in [5, 5.41) is 0.601. The van der Waals surface area contributed by atoms with Gasteiger partial charge >= 0.3 is 0 Å². The smallest absolute Gasteiger partial charge is 0.233 e. The van der Waals surface area contributed by atoms with Crippen LogP contribution in [0.1, 0.15) is 19.4 Å². The van der Waals surface area contributed by atoms with Gasteiger partial charge in [-0.3, -0.25) is 9.69 Å². The Labute approximate surface area is 182 Å². The van der Waals surface area contributed by atoms with Gasteiger partial charge in [-0.1, -0.05) is 55.5 Å². The van der Waals surface area contributed by atoms with Crippen molar-refractivity contribution in [3.63, 3.8) is 0 Å². The summed E-state index contributed by atoms with van der Waals surface area (Å²) in [7, 11) is -3.30. The molecule has 30 heavy (non-hydrogen) atoms. The van der Waals surface area contributed by atoms with E-state index in [9.17, 15) is 13.2 Å². The zero-order chi connectivity index (χ0) is 21.7. The summed E-state index contributed by atoms with van der Waals surface area (Å²) >= 11 is 1.35. The number of likely N-dealkylation sites (N-methyl/N-ethyl adjacent to an activating group) is 1. The summed E-state index contributed by atoms with van der Waals surface area (Å²) in [6.45, 7) is 7.31. The molecule has 3 rings (SSSR count). The highest BCUT2D eigenvalue weighted by molar-refractivity contribution is 7.90. The second-order valence-corrected chi connectivity index (χ2v) is 10.2. The minimum atomic E-state index is -3.30. The number of amides is 1. The lowest BCUT2D eigenvalue weighted by Gasteiger charge is -2.24. The van der Waals surface area contributed by atoms with E-state index in [4.69, 9.17) is 0 Å². The number of aromatic nitrogens is 1. The maximum absolute atomic E-state index is 13.2. The van der Waals surface area contributed by atoms with Crippen LogP contribution in [-0.2, 0) is 21.1 Å². The number of hydrogen-bond donors (Lipinski definition) is 0. The van der Waals surface area contributed by atoms with Crippen molar-refractivity contribution in [3.8, 4) is 0 Å². The molecule has 1 aromatic heterocycles. The van der Waals surface area contributed by atoms with Crippen molar-refractivity contribution >= 4 is 42.4 Å². The second kappa shape index (κ2) is 9.68. The lowest BCUT2D eigenvalue weighted by atomic mass is 10.1. The molecule has 1 heterocycles. The van der Waals surface area contributed by atoms with Gasteiger partial charge < -0.3 is 4.90 Å². The van der Waals surface area contributed by atoms with Crippen molar-refractivity contribution in [1.82, 2.24) is 9.88 Å². The molecule has 0 atom stereocenters. The highest BCUT2D eigenvalue weighted by atomic mass is 32.2. The van der Waals surface area contributed by atoms with E-state index in [0.29, 0.717) is 23.6 Å². The van der Waals surface area contributed by atoms with Gasteiger partial charge in [-0.05, 0) is 36.9 Å². The van der Waals surface area contributed by atoms with Crippen LogP contribution in [0.5, 0.6) is 0 Å². The average Bonchev–Trinajstić information content (AvgIpc) is 3.14. The van der Waals surface area contributed by atoms with E-state index in [-0.39, 0.29) is 10.8 Å². The van der Waals surface area contributed by atoms with Crippen LogP contribution < -0.4 is 4.90 Å². The Morgan fingerprint density at radius 1 is 1.03 bits per heavy atom. The molecule has 2 aromatic carbocycles.